The Morgan fingerprint density at radius 1 is 1.42 bits per heavy atom. The molecule has 10 heteroatoms. The molecule has 2 aromatic heterocycles. The summed E-state index contributed by atoms with van der Waals surface area (Å²) >= 11 is 1.26. The molecule has 0 amide bonds. The number of thioether (sulfide) groups is 1. The predicted octanol–water partition coefficient (Wildman–Crippen LogP) is 2.12. The van der Waals surface area contributed by atoms with Crippen molar-refractivity contribution in [3.05, 3.63) is 35.8 Å². The number of benzene rings is 1. The van der Waals surface area contributed by atoms with Gasteiger partial charge in [0.15, 0.2) is 0 Å². The number of aliphatic hydroxyl groups is 1. The molecule has 0 atom stereocenters. The summed E-state index contributed by atoms with van der Waals surface area (Å²) in [6, 6.07) is 7.70. The SMILES string of the molecule is COC(=O)/C(=C(/O)CSc1nnnn1C1CC1)c1nc2ccccc2[nH]1. The number of tetrazole rings is 1. The maximum absolute atomic E-state index is 12.2. The van der Waals surface area contributed by atoms with Crippen molar-refractivity contribution in [2.75, 3.05) is 12.9 Å². The van der Waals surface area contributed by atoms with Gasteiger partial charge in [-0.2, -0.15) is 0 Å². The number of nitrogens with zero attached hydrogens (tertiary/aromatic N) is 5. The Morgan fingerprint density at radius 2 is 2.23 bits per heavy atom. The lowest BCUT2D eigenvalue weighted by Crippen LogP contribution is -2.10. The second-order valence-corrected chi connectivity index (χ2v) is 6.78. The highest BCUT2D eigenvalue weighted by atomic mass is 32.2. The van der Waals surface area contributed by atoms with Crippen LogP contribution in [0.5, 0.6) is 0 Å². The molecule has 0 radical (unpaired) electrons. The number of methoxy groups -OCH3 is 1. The zero-order chi connectivity index (χ0) is 18.1. The number of fused-ring (bicyclic) bond motifs is 1. The molecule has 9 nitrogen and oxygen atoms in total. The van der Waals surface area contributed by atoms with Crippen molar-refractivity contribution >= 4 is 34.3 Å². The van der Waals surface area contributed by atoms with Crippen LogP contribution < -0.4 is 0 Å². The van der Waals surface area contributed by atoms with Crippen molar-refractivity contribution in [1.82, 2.24) is 30.2 Å². The molecule has 0 bridgehead atoms. The molecule has 1 aromatic carbocycles. The molecule has 3 aromatic rings. The van der Waals surface area contributed by atoms with E-state index in [1.807, 2.05) is 24.3 Å². The van der Waals surface area contributed by atoms with Gasteiger partial charge in [0.05, 0.1) is 29.9 Å². The fraction of sp³-hybridized carbons (Fsp3) is 0.312. The molecule has 0 aliphatic heterocycles. The van der Waals surface area contributed by atoms with Gasteiger partial charge < -0.3 is 14.8 Å². The molecule has 1 saturated carbocycles. The Morgan fingerprint density at radius 3 is 2.96 bits per heavy atom. The Hall–Kier alpha value is -2.88. The van der Waals surface area contributed by atoms with E-state index in [1.165, 1.54) is 18.9 Å². The van der Waals surface area contributed by atoms with Gasteiger partial charge in [-0.1, -0.05) is 23.9 Å². The number of hydrogen-bond acceptors (Lipinski definition) is 8. The zero-order valence-corrected chi connectivity index (χ0v) is 14.7. The summed E-state index contributed by atoms with van der Waals surface area (Å²) in [4.78, 5) is 19.6. The molecule has 134 valence electrons. The molecule has 4 rings (SSSR count). The van der Waals surface area contributed by atoms with Gasteiger partial charge in [-0.15, -0.1) is 5.10 Å². The van der Waals surface area contributed by atoms with Gasteiger partial charge in [-0.05, 0) is 35.4 Å². The summed E-state index contributed by atoms with van der Waals surface area (Å²) in [6.45, 7) is 0. The summed E-state index contributed by atoms with van der Waals surface area (Å²) in [5.41, 5.74) is 1.46. The number of aliphatic hydroxyl groups excluding tert-OH is 1. The van der Waals surface area contributed by atoms with Gasteiger partial charge in [-0.3, -0.25) is 0 Å². The molecule has 2 heterocycles. The van der Waals surface area contributed by atoms with Gasteiger partial charge >= 0.3 is 5.97 Å². The minimum Gasteiger partial charge on any atom is -0.510 e. The number of esters is 1. The van der Waals surface area contributed by atoms with Crippen LogP contribution in [-0.2, 0) is 9.53 Å². The maximum Gasteiger partial charge on any atom is 0.345 e. The molecule has 26 heavy (non-hydrogen) atoms. The molecule has 0 saturated heterocycles. The zero-order valence-electron chi connectivity index (χ0n) is 13.9. The highest BCUT2D eigenvalue weighted by Crippen LogP contribution is 2.36. The van der Waals surface area contributed by atoms with Crippen LogP contribution in [0.15, 0.2) is 35.2 Å². The standard InChI is InChI=1S/C16H16N6O3S/c1-25-15(24)13(14-17-10-4-2-3-5-11(10)18-14)12(23)8-26-16-19-20-21-22(16)9-6-7-9/h2-5,9,23H,6-8H2,1H3,(H,17,18)/b13-12+. The number of carbonyl (C=O) groups excluding carboxylic acids is 1. The van der Waals surface area contributed by atoms with Gasteiger partial charge in [0, 0.05) is 0 Å². The van der Waals surface area contributed by atoms with E-state index in [0.29, 0.717) is 16.7 Å². The van der Waals surface area contributed by atoms with Crippen LogP contribution in [0, 0.1) is 0 Å². The lowest BCUT2D eigenvalue weighted by Gasteiger charge is -2.07. The lowest BCUT2D eigenvalue weighted by atomic mass is 10.2. The van der Waals surface area contributed by atoms with Crippen molar-refractivity contribution < 1.29 is 14.6 Å². The predicted molar refractivity (Wildman–Crippen MR) is 94.5 cm³/mol. The topological polar surface area (TPSA) is 119 Å². The number of ether oxygens (including phenoxy) is 1. The normalized spacial score (nSPS) is 15.1. The van der Waals surface area contributed by atoms with Gasteiger partial charge in [0.1, 0.15) is 17.2 Å². The Labute approximate surface area is 152 Å². The summed E-state index contributed by atoms with van der Waals surface area (Å²) in [6.07, 6.45) is 2.10. The van der Waals surface area contributed by atoms with Gasteiger partial charge in [0.2, 0.25) is 5.16 Å². The summed E-state index contributed by atoms with van der Waals surface area (Å²) in [5, 5.41) is 22.8. The van der Waals surface area contributed by atoms with E-state index in [-0.39, 0.29) is 22.9 Å². The Kier molecular flexibility index (Phi) is 4.33. The molecule has 0 unspecified atom stereocenters. The number of rotatable bonds is 6. The van der Waals surface area contributed by atoms with Crippen LogP contribution in [0.1, 0.15) is 24.7 Å². The first kappa shape index (κ1) is 16.6. The first-order valence-electron chi connectivity index (χ1n) is 8.03. The average Bonchev–Trinajstić information content (AvgIpc) is 3.23. The largest absolute Gasteiger partial charge is 0.510 e. The number of carbonyl (C=O) groups is 1. The quantitative estimate of drug-likeness (QED) is 0.292. The minimum absolute atomic E-state index is 0.00152. The number of aromatic nitrogens is 6. The van der Waals surface area contributed by atoms with E-state index in [9.17, 15) is 9.90 Å². The number of H-pyrrole nitrogens is 1. The van der Waals surface area contributed by atoms with Crippen LogP contribution >= 0.6 is 11.8 Å². The smallest absolute Gasteiger partial charge is 0.345 e. The van der Waals surface area contributed by atoms with Gasteiger partial charge in [-0.25, -0.2) is 14.5 Å². The number of imidazole rings is 1. The molecule has 1 fully saturated rings. The van der Waals surface area contributed by atoms with Crippen molar-refractivity contribution in [3.63, 3.8) is 0 Å². The van der Waals surface area contributed by atoms with E-state index in [0.717, 1.165) is 18.4 Å². The molecular formula is C16H16N6O3S. The first-order chi connectivity index (χ1) is 12.7. The van der Waals surface area contributed by atoms with Crippen molar-refractivity contribution in [3.8, 4) is 0 Å². The number of nitrogens with one attached hydrogen (secondary N) is 1. The molecule has 2 N–H and O–H groups in total. The van der Waals surface area contributed by atoms with Crippen molar-refractivity contribution in [2.24, 2.45) is 0 Å². The van der Waals surface area contributed by atoms with E-state index in [1.54, 1.807) is 4.68 Å². The average molecular weight is 372 g/mol. The van der Waals surface area contributed by atoms with E-state index in [4.69, 9.17) is 4.74 Å². The Balaban J connectivity index is 1.63. The van der Waals surface area contributed by atoms with Gasteiger partial charge in [0.25, 0.3) is 0 Å². The van der Waals surface area contributed by atoms with Crippen molar-refractivity contribution in [1.29, 1.82) is 0 Å². The highest BCUT2D eigenvalue weighted by Gasteiger charge is 2.28. The summed E-state index contributed by atoms with van der Waals surface area (Å²) < 4.78 is 6.57. The van der Waals surface area contributed by atoms with E-state index < -0.39 is 5.97 Å². The molecule has 0 spiro atoms. The first-order valence-corrected chi connectivity index (χ1v) is 9.02. The molecule has 1 aliphatic rings. The third-order valence-corrected chi connectivity index (χ3v) is 4.94. The summed E-state index contributed by atoms with van der Waals surface area (Å²) in [7, 11) is 1.26. The number of aromatic amines is 1. The lowest BCUT2D eigenvalue weighted by molar-refractivity contribution is -0.133. The molecular weight excluding hydrogens is 356 g/mol. The second-order valence-electron chi connectivity index (χ2n) is 5.84. The fourth-order valence-corrected chi connectivity index (χ4v) is 3.38. The summed E-state index contributed by atoms with van der Waals surface area (Å²) in [5.74, 6) is -0.428. The van der Waals surface area contributed by atoms with Crippen LogP contribution in [0.2, 0.25) is 0 Å². The molecule has 1 aliphatic carbocycles. The minimum atomic E-state index is -0.663. The number of hydrogen-bond donors (Lipinski definition) is 2. The van der Waals surface area contributed by atoms with Crippen LogP contribution in [-0.4, -0.2) is 54.1 Å². The van der Waals surface area contributed by atoms with Crippen LogP contribution in [0.25, 0.3) is 16.6 Å². The maximum atomic E-state index is 12.2. The van der Waals surface area contributed by atoms with Crippen LogP contribution in [0.3, 0.4) is 0 Å². The third-order valence-electron chi connectivity index (χ3n) is 4.00. The number of para-hydroxylation sites is 2. The fourth-order valence-electron chi connectivity index (χ4n) is 2.56. The third kappa shape index (κ3) is 3.15. The monoisotopic (exact) mass is 372 g/mol. The second kappa shape index (κ2) is 6.79. The highest BCUT2D eigenvalue weighted by molar-refractivity contribution is 7.99. The van der Waals surface area contributed by atoms with E-state index >= 15 is 0 Å². The Bertz CT molecular complexity index is 958. The van der Waals surface area contributed by atoms with E-state index in [2.05, 4.69) is 25.5 Å². The van der Waals surface area contributed by atoms with Crippen LogP contribution in [0.4, 0.5) is 0 Å². The van der Waals surface area contributed by atoms with Crippen molar-refractivity contribution in [2.45, 2.75) is 24.0 Å².